The van der Waals surface area contributed by atoms with Gasteiger partial charge < -0.3 is 10.2 Å². The van der Waals surface area contributed by atoms with Crippen molar-refractivity contribution in [1.82, 2.24) is 10.2 Å². The summed E-state index contributed by atoms with van der Waals surface area (Å²) in [4.78, 5) is 43.5. The number of hydrogen-bond donors (Lipinski definition) is 1. The Morgan fingerprint density at radius 1 is 0.919 bits per heavy atom. The number of nitrogens with zero attached hydrogens (tertiary/aromatic N) is 2. The zero-order chi connectivity index (χ0) is 25.9. The second-order valence-electron chi connectivity index (χ2n) is 9.04. The van der Waals surface area contributed by atoms with Gasteiger partial charge in [-0.1, -0.05) is 78.3 Å². The van der Waals surface area contributed by atoms with Gasteiger partial charge in [-0.2, -0.15) is 0 Å². The lowest BCUT2D eigenvalue weighted by molar-refractivity contribution is -0.140. The number of anilines is 1. The molecule has 4 aromatic rings. The number of nitrogens with one attached hydrogen (secondary N) is 1. The van der Waals surface area contributed by atoms with Gasteiger partial charge >= 0.3 is 0 Å². The quantitative estimate of drug-likeness (QED) is 0.368. The monoisotopic (exact) mass is 511 g/mol. The predicted molar refractivity (Wildman–Crippen MR) is 146 cm³/mol. The molecule has 186 valence electrons. The zero-order valence-electron chi connectivity index (χ0n) is 20.4. The van der Waals surface area contributed by atoms with Crippen molar-refractivity contribution in [2.24, 2.45) is 0 Å². The first-order chi connectivity index (χ1) is 18.0. The van der Waals surface area contributed by atoms with Gasteiger partial charge in [-0.3, -0.25) is 19.3 Å². The molecule has 0 bridgehead atoms. The van der Waals surface area contributed by atoms with Gasteiger partial charge in [0.05, 0.1) is 5.69 Å². The summed E-state index contributed by atoms with van der Waals surface area (Å²) in [5.41, 5.74) is 3.00. The lowest BCUT2D eigenvalue weighted by Gasteiger charge is -2.32. The van der Waals surface area contributed by atoms with E-state index in [0.29, 0.717) is 22.7 Å². The molecule has 5 rings (SSSR count). The molecule has 0 saturated carbocycles. The molecule has 1 heterocycles. The largest absolute Gasteiger partial charge is 0.357 e. The molecule has 0 unspecified atom stereocenters. The van der Waals surface area contributed by atoms with Crippen molar-refractivity contribution in [3.05, 3.63) is 113 Å². The third-order valence-corrected chi connectivity index (χ3v) is 6.94. The van der Waals surface area contributed by atoms with Crippen LogP contribution in [0.3, 0.4) is 0 Å². The second kappa shape index (κ2) is 10.4. The number of carbonyl (C=O) groups is 3. The number of halogens is 1. The fourth-order valence-electron chi connectivity index (χ4n) is 4.91. The molecule has 0 aliphatic carbocycles. The molecule has 0 aromatic heterocycles. The van der Waals surface area contributed by atoms with E-state index in [9.17, 15) is 14.4 Å². The van der Waals surface area contributed by atoms with Gasteiger partial charge in [0, 0.05) is 36.0 Å². The van der Waals surface area contributed by atoms with Crippen LogP contribution in [0.5, 0.6) is 0 Å². The van der Waals surface area contributed by atoms with Crippen LogP contribution in [0, 0.1) is 0 Å². The highest BCUT2D eigenvalue weighted by atomic mass is 35.5. The molecule has 1 aliphatic rings. The fourth-order valence-corrected chi connectivity index (χ4v) is 5.13. The van der Waals surface area contributed by atoms with E-state index < -0.39 is 6.04 Å². The third kappa shape index (κ3) is 4.93. The summed E-state index contributed by atoms with van der Waals surface area (Å²) in [6.07, 6.45) is 0.330. The van der Waals surface area contributed by atoms with Gasteiger partial charge in [0.15, 0.2) is 0 Å². The normalized spacial score (nSPS) is 13.0. The van der Waals surface area contributed by atoms with Crippen molar-refractivity contribution in [2.75, 3.05) is 18.5 Å². The molecule has 1 atom stereocenters. The Morgan fingerprint density at radius 2 is 1.62 bits per heavy atom. The van der Waals surface area contributed by atoms with Crippen molar-refractivity contribution < 1.29 is 14.4 Å². The summed E-state index contributed by atoms with van der Waals surface area (Å²) in [6.45, 7) is -0.0149. The Labute approximate surface area is 220 Å². The summed E-state index contributed by atoms with van der Waals surface area (Å²) < 4.78 is 0. The number of benzene rings is 4. The third-order valence-electron chi connectivity index (χ3n) is 6.70. The minimum atomic E-state index is -0.783. The summed E-state index contributed by atoms with van der Waals surface area (Å²) in [5, 5.41) is 5.04. The summed E-state index contributed by atoms with van der Waals surface area (Å²) in [7, 11) is 1.56. The maximum atomic E-state index is 14.0. The minimum Gasteiger partial charge on any atom is -0.357 e. The summed E-state index contributed by atoms with van der Waals surface area (Å²) >= 11 is 6.22. The Morgan fingerprint density at radius 3 is 2.35 bits per heavy atom. The standard InChI is InChI=1S/C30H26ClN3O3/c1-32-29(36)26(17-20-8-3-2-4-9-20)33(18-21-10-5-13-23(31)16-21)27(35)19-34-25-15-7-12-22-11-6-14-24(28(22)25)30(34)37/h2-16,26H,17-19H2,1H3,(H,32,36)/t26-/m0/s1. The van der Waals surface area contributed by atoms with Crippen LogP contribution in [0.4, 0.5) is 5.69 Å². The van der Waals surface area contributed by atoms with E-state index in [1.807, 2.05) is 72.8 Å². The van der Waals surface area contributed by atoms with Crippen molar-refractivity contribution in [3.63, 3.8) is 0 Å². The maximum absolute atomic E-state index is 14.0. The molecular formula is C30H26ClN3O3. The lowest BCUT2D eigenvalue weighted by atomic mass is 10.0. The van der Waals surface area contributed by atoms with E-state index in [0.717, 1.165) is 21.9 Å². The molecule has 6 nitrogen and oxygen atoms in total. The van der Waals surface area contributed by atoms with Crippen LogP contribution >= 0.6 is 11.6 Å². The van der Waals surface area contributed by atoms with Crippen molar-refractivity contribution in [1.29, 1.82) is 0 Å². The van der Waals surface area contributed by atoms with Crippen molar-refractivity contribution >= 4 is 45.8 Å². The van der Waals surface area contributed by atoms with E-state index >= 15 is 0 Å². The molecule has 7 heteroatoms. The van der Waals surface area contributed by atoms with Crippen LogP contribution in [-0.2, 0) is 22.6 Å². The van der Waals surface area contributed by atoms with Crippen LogP contribution in [-0.4, -0.2) is 42.3 Å². The molecule has 0 fully saturated rings. The predicted octanol–water partition coefficient (Wildman–Crippen LogP) is 4.84. The highest BCUT2D eigenvalue weighted by Crippen LogP contribution is 2.37. The SMILES string of the molecule is CNC(=O)[C@H](Cc1ccccc1)N(Cc1cccc(Cl)c1)C(=O)CN1C(=O)c2cccc3cccc1c23. The van der Waals surface area contributed by atoms with Crippen LogP contribution in [0.15, 0.2) is 91.0 Å². The van der Waals surface area contributed by atoms with Crippen molar-refractivity contribution in [3.8, 4) is 0 Å². The Balaban J connectivity index is 1.50. The van der Waals surface area contributed by atoms with E-state index in [1.165, 1.54) is 4.90 Å². The Kier molecular flexibility index (Phi) is 6.93. The number of hydrogen-bond acceptors (Lipinski definition) is 3. The van der Waals surface area contributed by atoms with Gasteiger partial charge in [0.1, 0.15) is 12.6 Å². The zero-order valence-corrected chi connectivity index (χ0v) is 21.1. The van der Waals surface area contributed by atoms with Crippen LogP contribution in [0.2, 0.25) is 5.02 Å². The highest BCUT2D eigenvalue weighted by molar-refractivity contribution is 6.30. The average molecular weight is 512 g/mol. The van der Waals surface area contributed by atoms with Crippen LogP contribution in [0.1, 0.15) is 21.5 Å². The van der Waals surface area contributed by atoms with Gasteiger partial charge in [-0.25, -0.2) is 0 Å². The molecule has 3 amide bonds. The number of likely N-dealkylation sites (N-methyl/N-ethyl adjacent to an activating group) is 1. The first-order valence-electron chi connectivity index (χ1n) is 12.1. The molecule has 4 aromatic carbocycles. The smallest absolute Gasteiger partial charge is 0.259 e. The van der Waals surface area contributed by atoms with Crippen LogP contribution in [0.25, 0.3) is 10.8 Å². The van der Waals surface area contributed by atoms with E-state index in [-0.39, 0.29) is 30.8 Å². The van der Waals surface area contributed by atoms with Gasteiger partial charge in [-0.15, -0.1) is 0 Å². The van der Waals surface area contributed by atoms with E-state index in [4.69, 9.17) is 11.6 Å². The van der Waals surface area contributed by atoms with E-state index in [2.05, 4.69) is 5.32 Å². The molecule has 0 spiro atoms. The van der Waals surface area contributed by atoms with Crippen molar-refractivity contribution in [2.45, 2.75) is 19.0 Å². The van der Waals surface area contributed by atoms with Crippen LogP contribution < -0.4 is 10.2 Å². The minimum absolute atomic E-state index is 0.170. The number of carbonyl (C=O) groups excluding carboxylic acids is 3. The van der Waals surface area contributed by atoms with Gasteiger partial charge in [-0.05, 0) is 40.8 Å². The summed E-state index contributed by atoms with van der Waals surface area (Å²) in [5.74, 6) is -0.831. The summed E-state index contributed by atoms with van der Waals surface area (Å²) in [6, 6.07) is 27.3. The Bertz CT molecular complexity index is 1480. The van der Waals surface area contributed by atoms with E-state index in [1.54, 1.807) is 30.1 Å². The van der Waals surface area contributed by atoms with Gasteiger partial charge in [0.2, 0.25) is 11.8 Å². The molecule has 1 N–H and O–H groups in total. The van der Waals surface area contributed by atoms with Gasteiger partial charge in [0.25, 0.3) is 5.91 Å². The first kappa shape index (κ1) is 24.5. The molecule has 37 heavy (non-hydrogen) atoms. The fraction of sp³-hybridized carbons (Fsp3) is 0.167. The average Bonchev–Trinajstić information content (AvgIpc) is 3.18. The lowest BCUT2D eigenvalue weighted by Crippen LogP contribution is -2.52. The second-order valence-corrected chi connectivity index (χ2v) is 9.48. The maximum Gasteiger partial charge on any atom is 0.259 e. The first-order valence-corrected chi connectivity index (χ1v) is 12.5. The molecule has 0 saturated heterocycles. The molecular weight excluding hydrogens is 486 g/mol. The topological polar surface area (TPSA) is 69.7 Å². The molecule has 0 radical (unpaired) electrons. The number of amides is 3. The number of rotatable bonds is 8. The Hall–Kier alpha value is -4.16. The highest BCUT2D eigenvalue weighted by Gasteiger charge is 2.35. The molecule has 1 aliphatic heterocycles.